The number of carbonyl (C=O) groups is 1. The van der Waals surface area contributed by atoms with E-state index in [0.717, 1.165) is 0 Å². The summed E-state index contributed by atoms with van der Waals surface area (Å²) in [6, 6.07) is 0. The Balaban J connectivity index is 0. The molecule has 0 aromatic rings. The van der Waals surface area contributed by atoms with Gasteiger partial charge in [0.05, 0.1) is 12.5 Å². The van der Waals surface area contributed by atoms with Crippen LogP contribution in [-0.2, 0) is 9.63 Å². The first-order chi connectivity index (χ1) is 5.06. The van der Waals surface area contributed by atoms with Gasteiger partial charge in [0.1, 0.15) is 0 Å². The van der Waals surface area contributed by atoms with Crippen LogP contribution in [0.4, 0.5) is 0 Å². The van der Waals surface area contributed by atoms with E-state index in [4.69, 9.17) is 5.11 Å². The molecule has 0 amide bonds. The summed E-state index contributed by atoms with van der Waals surface area (Å²) in [6.07, 6.45) is -0.0601. The van der Waals surface area contributed by atoms with Crippen molar-refractivity contribution in [3.63, 3.8) is 0 Å². The first kappa shape index (κ1) is 14.2. The van der Waals surface area contributed by atoms with Gasteiger partial charge in [0.25, 0.3) is 0 Å². The van der Waals surface area contributed by atoms with Gasteiger partial charge in [-0.2, -0.15) is 5.90 Å². The average Bonchev–Trinajstić information content (AvgIpc) is 1.85. The van der Waals surface area contributed by atoms with Crippen molar-refractivity contribution in [3.05, 3.63) is 0 Å². The lowest BCUT2D eigenvalue weighted by Gasteiger charge is -2.10. The first-order valence-corrected chi connectivity index (χ1v) is 3.64. The second kappa shape index (κ2) is 7.34. The van der Waals surface area contributed by atoms with Crippen LogP contribution in [0.15, 0.2) is 0 Å². The number of nitrogens with two attached hydrogens (primary N) is 1. The minimum Gasteiger partial charge on any atom is -0.393 e. The Bertz CT molecular complexity index is 130. The third kappa shape index (κ3) is 7.78. The zero-order valence-corrected chi connectivity index (χ0v) is 8.13. The lowest BCUT2D eigenvalue weighted by Crippen LogP contribution is -2.19. The molecule has 74 valence electrons. The molecule has 0 bridgehead atoms. The molecule has 0 aliphatic carbocycles. The van der Waals surface area contributed by atoms with E-state index in [2.05, 4.69) is 10.7 Å². The number of halogens is 1. The number of rotatable bonds is 4. The Morgan fingerprint density at radius 3 is 2.42 bits per heavy atom. The number of carbonyl (C=O) groups excluding carboxylic acids is 1. The number of aliphatic hydroxyl groups excluding tert-OH is 1. The van der Waals surface area contributed by atoms with Gasteiger partial charge >= 0.3 is 5.97 Å². The predicted octanol–water partition coefficient (Wildman–Crippen LogP) is 0.622. The minimum absolute atomic E-state index is 0. The number of aliphatic hydroxyl groups is 1. The van der Waals surface area contributed by atoms with Crippen LogP contribution in [0.2, 0.25) is 0 Å². The summed E-state index contributed by atoms with van der Waals surface area (Å²) in [7, 11) is 0. The fraction of sp³-hybridized carbons (Fsp3) is 0.857. The Morgan fingerprint density at radius 1 is 1.58 bits per heavy atom. The maximum absolute atomic E-state index is 10.5. The molecule has 0 radical (unpaired) electrons. The van der Waals surface area contributed by atoms with Gasteiger partial charge < -0.3 is 9.94 Å². The molecule has 0 fully saturated rings. The van der Waals surface area contributed by atoms with E-state index >= 15 is 0 Å². The Morgan fingerprint density at radius 2 is 2.08 bits per heavy atom. The van der Waals surface area contributed by atoms with Gasteiger partial charge in [0.2, 0.25) is 0 Å². The molecular weight excluding hydrogens is 182 g/mol. The van der Waals surface area contributed by atoms with Gasteiger partial charge in [0.15, 0.2) is 0 Å². The van der Waals surface area contributed by atoms with Gasteiger partial charge in [-0.1, -0.05) is 13.8 Å². The van der Waals surface area contributed by atoms with E-state index in [0.29, 0.717) is 12.3 Å². The van der Waals surface area contributed by atoms with E-state index < -0.39 is 12.1 Å². The monoisotopic (exact) mass is 197 g/mol. The van der Waals surface area contributed by atoms with E-state index in [1.54, 1.807) is 0 Å². The Kier molecular flexibility index (Phi) is 8.69. The van der Waals surface area contributed by atoms with Crippen LogP contribution in [0.25, 0.3) is 0 Å². The van der Waals surface area contributed by atoms with Gasteiger partial charge in [-0.25, -0.2) is 0 Å². The zero-order chi connectivity index (χ0) is 8.85. The fourth-order valence-corrected chi connectivity index (χ4v) is 0.868. The third-order valence-electron chi connectivity index (χ3n) is 1.28. The number of hydrogen-bond donors (Lipinski definition) is 2. The molecule has 4 nitrogen and oxygen atoms in total. The van der Waals surface area contributed by atoms with Crippen molar-refractivity contribution in [2.45, 2.75) is 32.8 Å². The molecule has 0 rings (SSSR count). The van der Waals surface area contributed by atoms with E-state index in [9.17, 15) is 4.79 Å². The molecule has 0 aromatic carbocycles. The van der Waals surface area contributed by atoms with Crippen molar-refractivity contribution in [2.24, 2.45) is 11.8 Å². The van der Waals surface area contributed by atoms with Crippen LogP contribution in [0.1, 0.15) is 26.7 Å². The van der Waals surface area contributed by atoms with Crippen LogP contribution in [-0.4, -0.2) is 17.2 Å². The summed E-state index contributed by atoms with van der Waals surface area (Å²) in [4.78, 5) is 14.4. The lowest BCUT2D eigenvalue weighted by atomic mass is 10.0. The molecule has 5 heteroatoms. The minimum atomic E-state index is -0.633. The summed E-state index contributed by atoms with van der Waals surface area (Å²) in [6.45, 7) is 3.94. The predicted molar refractivity (Wildman–Crippen MR) is 47.6 cm³/mol. The Hall–Kier alpha value is -0.320. The highest BCUT2D eigenvalue weighted by molar-refractivity contribution is 5.85. The van der Waals surface area contributed by atoms with Crippen LogP contribution in [0, 0.1) is 5.92 Å². The van der Waals surface area contributed by atoms with Gasteiger partial charge in [0, 0.05) is 0 Å². The molecule has 0 saturated heterocycles. The zero-order valence-electron chi connectivity index (χ0n) is 7.32. The molecule has 12 heavy (non-hydrogen) atoms. The maximum atomic E-state index is 10.5. The van der Waals surface area contributed by atoms with Crippen molar-refractivity contribution in [1.82, 2.24) is 0 Å². The summed E-state index contributed by atoms with van der Waals surface area (Å²) >= 11 is 0. The van der Waals surface area contributed by atoms with E-state index in [-0.39, 0.29) is 18.8 Å². The van der Waals surface area contributed by atoms with E-state index in [1.807, 2.05) is 13.8 Å². The highest BCUT2D eigenvalue weighted by Crippen LogP contribution is 2.07. The highest BCUT2D eigenvalue weighted by Gasteiger charge is 2.12. The standard InChI is InChI=1S/C7H15NO3.ClH/c1-5(2)3-6(9)4-7(10)11-8;/h5-6,9H,3-4,8H2,1-2H3;1H. The fourth-order valence-electron chi connectivity index (χ4n) is 0.868. The second-order valence-electron chi connectivity index (χ2n) is 2.98. The van der Waals surface area contributed by atoms with Crippen LogP contribution in [0.3, 0.4) is 0 Å². The topological polar surface area (TPSA) is 72.5 Å². The normalized spacial score (nSPS) is 12.1. The SMILES string of the molecule is CC(C)CC(O)CC(=O)ON.Cl. The average molecular weight is 198 g/mol. The molecule has 0 aliphatic heterocycles. The molecule has 0 heterocycles. The summed E-state index contributed by atoms with van der Waals surface area (Å²) in [5, 5.41) is 9.16. The smallest absolute Gasteiger partial charge is 0.327 e. The van der Waals surface area contributed by atoms with Crippen molar-refractivity contribution in [2.75, 3.05) is 0 Å². The molecular formula is C7H16ClNO3. The molecule has 1 atom stereocenters. The van der Waals surface area contributed by atoms with Crippen LogP contribution in [0.5, 0.6) is 0 Å². The van der Waals surface area contributed by atoms with Crippen molar-refractivity contribution in [3.8, 4) is 0 Å². The maximum Gasteiger partial charge on any atom is 0.327 e. The number of hydrogen-bond acceptors (Lipinski definition) is 4. The van der Waals surface area contributed by atoms with Crippen LogP contribution >= 0.6 is 12.4 Å². The molecule has 0 aromatic heterocycles. The quantitative estimate of drug-likeness (QED) is 0.649. The Labute approximate surface area is 78.4 Å². The van der Waals surface area contributed by atoms with E-state index in [1.165, 1.54) is 0 Å². The third-order valence-corrected chi connectivity index (χ3v) is 1.28. The van der Waals surface area contributed by atoms with Crippen molar-refractivity contribution >= 4 is 18.4 Å². The van der Waals surface area contributed by atoms with Crippen LogP contribution < -0.4 is 5.90 Å². The molecule has 1 unspecified atom stereocenters. The van der Waals surface area contributed by atoms with Gasteiger partial charge in [-0.05, 0) is 12.3 Å². The molecule has 3 N–H and O–H groups in total. The van der Waals surface area contributed by atoms with Gasteiger partial charge in [-0.15, -0.1) is 12.4 Å². The largest absolute Gasteiger partial charge is 0.393 e. The highest BCUT2D eigenvalue weighted by atomic mass is 35.5. The summed E-state index contributed by atoms with van der Waals surface area (Å²) < 4.78 is 0. The van der Waals surface area contributed by atoms with Crippen molar-refractivity contribution in [1.29, 1.82) is 0 Å². The first-order valence-electron chi connectivity index (χ1n) is 3.64. The lowest BCUT2D eigenvalue weighted by molar-refractivity contribution is -0.146. The van der Waals surface area contributed by atoms with Gasteiger partial charge in [-0.3, -0.25) is 4.79 Å². The molecule has 0 spiro atoms. The second-order valence-corrected chi connectivity index (χ2v) is 2.98. The molecule has 0 saturated carbocycles. The summed E-state index contributed by atoms with van der Waals surface area (Å²) in [5.74, 6) is 4.39. The summed E-state index contributed by atoms with van der Waals surface area (Å²) in [5.41, 5.74) is 0. The van der Waals surface area contributed by atoms with Crippen molar-refractivity contribution < 1.29 is 14.7 Å². The molecule has 0 aliphatic rings.